The molecule has 3 heteroatoms. The molecule has 0 aliphatic carbocycles. The highest BCUT2D eigenvalue weighted by atomic mass is 16.1. The molecule has 0 bridgehead atoms. The van der Waals surface area contributed by atoms with Crippen LogP contribution < -0.4 is 11.1 Å². The zero-order valence-corrected chi connectivity index (χ0v) is 17.5. The molecule has 0 aromatic heterocycles. The van der Waals surface area contributed by atoms with Gasteiger partial charge in [0, 0.05) is 6.04 Å². The second-order valence-corrected chi connectivity index (χ2v) is 7.74. The Morgan fingerprint density at radius 1 is 0.760 bits per heavy atom. The lowest BCUT2D eigenvalue weighted by atomic mass is 9.93. The first-order valence-electron chi connectivity index (χ1n) is 11.2. The number of primary amides is 1. The SMILES string of the molecule is CCCCCCCCCCCCCCCCC(C(N)=O)C(C)NCC. The second-order valence-electron chi connectivity index (χ2n) is 7.74. The van der Waals surface area contributed by atoms with Crippen molar-refractivity contribution in [3.8, 4) is 0 Å². The Kier molecular flexibility index (Phi) is 17.8. The number of carbonyl (C=O) groups is 1. The molecule has 0 radical (unpaired) electrons. The van der Waals surface area contributed by atoms with E-state index in [1.165, 1.54) is 83.5 Å². The lowest BCUT2D eigenvalue weighted by Crippen LogP contribution is -2.40. The van der Waals surface area contributed by atoms with Crippen molar-refractivity contribution in [3.63, 3.8) is 0 Å². The molecule has 0 aliphatic rings. The molecule has 2 unspecified atom stereocenters. The molecule has 0 saturated heterocycles. The number of rotatable bonds is 19. The Bertz CT molecular complexity index is 294. The Balaban J connectivity index is 3.38. The molecular formula is C22H46N2O. The number of amides is 1. The third-order valence-electron chi connectivity index (χ3n) is 5.36. The van der Waals surface area contributed by atoms with Crippen LogP contribution in [0.1, 0.15) is 117 Å². The van der Waals surface area contributed by atoms with Crippen LogP contribution >= 0.6 is 0 Å². The molecule has 0 fully saturated rings. The van der Waals surface area contributed by atoms with Crippen LogP contribution in [0.15, 0.2) is 0 Å². The Hall–Kier alpha value is -0.570. The summed E-state index contributed by atoms with van der Waals surface area (Å²) in [7, 11) is 0. The van der Waals surface area contributed by atoms with E-state index in [0.29, 0.717) is 0 Å². The van der Waals surface area contributed by atoms with Gasteiger partial charge in [-0.15, -0.1) is 0 Å². The van der Waals surface area contributed by atoms with Crippen molar-refractivity contribution >= 4 is 5.91 Å². The van der Waals surface area contributed by atoms with Crippen molar-refractivity contribution < 1.29 is 4.79 Å². The maximum atomic E-state index is 11.6. The van der Waals surface area contributed by atoms with Crippen LogP contribution in [0.5, 0.6) is 0 Å². The first-order valence-corrected chi connectivity index (χ1v) is 11.2. The van der Waals surface area contributed by atoms with Crippen molar-refractivity contribution in [2.45, 2.75) is 123 Å². The minimum atomic E-state index is -0.150. The van der Waals surface area contributed by atoms with Crippen molar-refractivity contribution in [2.24, 2.45) is 11.7 Å². The third-order valence-corrected chi connectivity index (χ3v) is 5.36. The van der Waals surface area contributed by atoms with Crippen LogP contribution in [-0.2, 0) is 4.79 Å². The second kappa shape index (κ2) is 18.2. The van der Waals surface area contributed by atoms with E-state index in [1.807, 2.05) is 0 Å². The third kappa shape index (κ3) is 15.4. The molecule has 0 aromatic carbocycles. The van der Waals surface area contributed by atoms with Crippen molar-refractivity contribution in [1.82, 2.24) is 5.32 Å². The highest BCUT2D eigenvalue weighted by Crippen LogP contribution is 2.16. The topological polar surface area (TPSA) is 55.1 Å². The van der Waals surface area contributed by atoms with Crippen LogP contribution in [0.25, 0.3) is 0 Å². The quantitative estimate of drug-likeness (QED) is 0.281. The van der Waals surface area contributed by atoms with Gasteiger partial charge in [0.05, 0.1) is 5.92 Å². The molecule has 3 nitrogen and oxygen atoms in total. The molecular weight excluding hydrogens is 308 g/mol. The first kappa shape index (κ1) is 24.4. The van der Waals surface area contributed by atoms with Gasteiger partial charge in [0.1, 0.15) is 0 Å². The molecule has 3 N–H and O–H groups in total. The Morgan fingerprint density at radius 2 is 1.16 bits per heavy atom. The summed E-state index contributed by atoms with van der Waals surface area (Å²) >= 11 is 0. The smallest absolute Gasteiger partial charge is 0.222 e. The van der Waals surface area contributed by atoms with Crippen LogP contribution in [-0.4, -0.2) is 18.5 Å². The highest BCUT2D eigenvalue weighted by Gasteiger charge is 2.21. The predicted octanol–water partition coefficient (Wildman–Crippen LogP) is 5.96. The summed E-state index contributed by atoms with van der Waals surface area (Å²) < 4.78 is 0. The minimum absolute atomic E-state index is 0.0164. The summed E-state index contributed by atoms with van der Waals surface area (Å²) in [6.45, 7) is 7.31. The largest absolute Gasteiger partial charge is 0.369 e. The molecule has 0 aliphatic heterocycles. The molecule has 150 valence electrons. The van der Waals surface area contributed by atoms with E-state index >= 15 is 0 Å². The molecule has 2 atom stereocenters. The maximum Gasteiger partial charge on any atom is 0.222 e. The van der Waals surface area contributed by atoms with Gasteiger partial charge in [-0.2, -0.15) is 0 Å². The van der Waals surface area contributed by atoms with Gasteiger partial charge < -0.3 is 11.1 Å². The van der Waals surface area contributed by atoms with Gasteiger partial charge in [0.25, 0.3) is 0 Å². The first-order chi connectivity index (χ1) is 12.1. The van der Waals surface area contributed by atoms with Crippen molar-refractivity contribution in [1.29, 1.82) is 0 Å². The Labute approximate surface area is 157 Å². The van der Waals surface area contributed by atoms with Gasteiger partial charge in [-0.05, 0) is 19.9 Å². The summed E-state index contributed by atoms with van der Waals surface area (Å²) in [6, 6.07) is 0.199. The fourth-order valence-corrected chi connectivity index (χ4v) is 3.66. The van der Waals surface area contributed by atoms with Gasteiger partial charge in [0.15, 0.2) is 0 Å². The summed E-state index contributed by atoms with van der Waals surface area (Å²) in [5.41, 5.74) is 5.54. The van der Waals surface area contributed by atoms with E-state index in [1.54, 1.807) is 0 Å². The zero-order chi connectivity index (χ0) is 18.8. The maximum absolute atomic E-state index is 11.6. The summed E-state index contributed by atoms with van der Waals surface area (Å²) in [5.74, 6) is -0.166. The summed E-state index contributed by atoms with van der Waals surface area (Å²) in [4.78, 5) is 11.6. The van der Waals surface area contributed by atoms with E-state index in [2.05, 4.69) is 26.1 Å². The fourth-order valence-electron chi connectivity index (χ4n) is 3.66. The molecule has 1 amide bonds. The monoisotopic (exact) mass is 354 g/mol. The Morgan fingerprint density at radius 3 is 1.52 bits per heavy atom. The standard InChI is InChI=1S/C22H46N2O/c1-4-6-7-8-9-10-11-12-13-14-15-16-17-18-19-21(22(23)25)20(3)24-5-2/h20-21,24H,4-19H2,1-3H3,(H2,23,25). The molecule has 0 heterocycles. The highest BCUT2D eigenvalue weighted by molar-refractivity contribution is 5.77. The van der Waals surface area contributed by atoms with E-state index in [-0.39, 0.29) is 17.9 Å². The van der Waals surface area contributed by atoms with Crippen LogP contribution in [0, 0.1) is 5.92 Å². The molecule has 0 aromatic rings. The number of nitrogens with one attached hydrogen (secondary N) is 1. The van der Waals surface area contributed by atoms with Gasteiger partial charge in [0.2, 0.25) is 5.91 Å². The zero-order valence-electron chi connectivity index (χ0n) is 17.5. The number of carbonyl (C=O) groups excluding carboxylic acids is 1. The summed E-state index contributed by atoms with van der Waals surface area (Å²) in [5, 5.41) is 3.33. The van der Waals surface area contributed by atoms with Gasteiger partial charge in [-0.1, -0.05) is 104 Å². The van der Waals surface area contributed by atoms with Gasteiger partial charge >= 0.3 is 0 Å². The molecule has 0 spiro atoms. The lowest BCUT2D eigenvalue weighted by molar-refractivity contribution is -0.122. The number of nitrogens with two attached hydrogens (primary N) is 1. The molecule has 25 heavy (non-hydrogen) atoms. The van der Waals surface area contributed by atoms with Crippen LogP contribution in [0.3, 0.4) is 0 Å². The average Bonchev–Trinajstić information content (AvgIpc) is 2.58. The lowest BCUT2D eigenvalue weighted by Gasteiger charge is -2.21. The van der Waals surface area contributed by atoms with Crippen LogP contribution in [0.2, 0.25) is 0 Å². The summed E-state index contributed by atoms with van der Waals surface area (Å²) in [6.07, 6.45) is 20.1. The van der Waals surface area contributed by atoms with E-state index < -0.39 is 0 Å². The fraction of sp³-hybridized carbons (Fsp3) is 0.955. The van der Waals surface area contributed by atoms with E-state index in [4.69, 9.17) is 5.73 Å². The molecule has 0 saturated carbocycles. The van der Waals surface area contributed by atoms with E-state index in [9.17, 15) is 4.79 Å². The predicted molar refractivity (Wildman–Crippen MR) is 111 cm³/mol. The minimum Gasteiger partial charge on any atom is -0.369 e. The number of unbranched alkanes of at least 4 members (excludes halogenated alkanes) is 13. The number of hydrogen-bond donors (Lipinski definition) is 2. The van der Waals surface area contributed by atoms with Gasteiger partial charge in [-0.25, -0.2) is 0 Å². The van der Waals surface area contributed by atoms with Crippen molar-refractivity contribution in [3.05, 3.63) is 0 Å². The van der Waals surface area contributed by atoms with Crippen LogP contribution in [0.4, 0.5) is 0 Å². The van der Waals surface area contributed by atoms with Gasteiger partial charge in [-0.3, -0.25) is 4.79 Å². The van der Waals surface area contributed by atoms with Crippen molar-refractivity contribution in [2.75, 3.05) is 6.54 Å². The average molecular weight is 355 g/mol. The number of hydrogen-bond acceptors (Lipinski definition) is 2. The van der Waals surface area contributed by atoms with E-state index in [0.717, 1.165) is 19.4 Å². The molecule has 0 rings (SSSR count). The normalized spacial score (nSPS) is 13.7.